The van der Waals surface area contributed by atoms with Gasteiger partial charge in [0, 0.05) is 29.9 Å². The molecular weight excluding hydrogens is 356 g/mol. The second kappa shape index (κ2) is 6.74. The van der Waals surface area contributed by atoms with Crippen molar-refractivity contribution < 1.29 is 14.7 Å². The minimum absolute atomic E-state index is 0.0411. The molecule has 3 rings (SSSR count). The highest BCUT2D eigenvalue weighted by Crippen LogP contribution is 2.48. The summed E-state index contributed by atoms with van der Waals surface area (Å²) in [5.74, 6) is 0.0411. The number of nitrogens with zero attached hydrogens (tertiary/aromatic N) is 3. The fourth-order valence-electron chi connectivity index (χ4n) is 4.98. The van der Waals surface area contributed by atoms with E-state index in [2.05, 4.69) is 10.3 Å². The van der Waals surface area contributed by atoms with E-state index in [0.717, 1.165) is 22.6 Å². The molecule has 2 heterocycles. The molecule has 0 radical (unpaired) electrons. The first-order valence-electron chi connectivity index (χ1n) is 9.51. The Morgan fingerprint density at radius 3 is 2.50 bits per heavy atom. The van der Waals surface area contributed by atoms with Crippen molar-refractivity contribution in [2.24, 2.45) is 0 Å². The van der Waals surface area contributed by atoms with Gasteiger partial charge in [0.2, 0.25) is 0 Å². The molecule has 0 bridgehead atoms. The summed E-state index contributed by atoms with van der Waals surface area (Å²) in [6.07, 6.45) is 2.82. The van der Waals surface area contributed by atoms with Crippen molar-refractivity contribution in [1.82, 2.24) is 19.4 Å². The van der Waals surface area contributed by atoms with Crippen LogP contribution in [0.4, 0.5) is 10.5 Å². The number of amides is 2. The highest BCUT2D eigenvalue weighted by molar-refractivity contribution is 5.90. The average Bonchev–Trinajstić information content (AvgIpc) is 2.99. The molecule has 2 amide bonds. The van der Waals surface area contributed by atoms with Gasteiger partial charge in [-0.25, -0.2) is 14.3 Å². The maximum absolute atomic E-state index is 13.0. The first kappa shape index (κ1) is 20.1. The second-order valence-electron chi connectivity index (χ2n) is 8.65. The van der Waals surface area contributed by atoms with Crippen LogP contribution in [0.5, 0.6) is 0 Å². The number of rotatable bonds is 2. The number of quaternary nitrogens is 1. The van der Waals surface area contributed by atoms with Gasteiger partial charge in [-0.15, -0.1) is 0 Å². The van der Waals surface area contributed by atoms with Crippen LogP contribution in [0.15, 0.2) is 30.7 Å². The van der Waals surface area contributed by atoms with Crippen LogP contribution in [0, 0.1) is 6.92 Å². The molecule has 0 fully saturated rings. The summed E-state index contributed by atoms with van der Waals surface area (Å²) in [6.45, 7) is 11.7. The summed E-state index contributed by atoms with van der Waals surface area (Å²) in [6, 6.07) is 5.32. The highest BCUT2D eigenvalue weighted by atomic mass is 16.4. The lowest BCUT2D eigenvalue weighted by molar-refractivity contribution is -0.252. The Morgan fingerprint density at radius 1 is 1.32 bits per heavy atom. The monoisotopic (exact) mass is 384 g/mol. The first-order valence-corrected chi connectivity index (χ1v) is 9.51. The van der Waals surface area contributed by atoms with Gasteiger partial charge in [0.15, 0.2) is 0 Å². The van der Waals surface area contributed by atoms with Gasteiger partial charge in [-0.2, -0.15) is 0 Å². The van der Waals surface area contributed by atoms with Crippen molar-refractivity contribution in [2.75, 3.05) is 0 Å². The summed E-state index contributed by atoms with van der Waals surface area (Å²) in [5, 5.41) is 13.9. The minimum Gasteiger partial charge on any atom is -0.530 e. The van der Waals surface area contributed by atoms with E-state index in [1.165, 1.54) is 0 Å². The molecule has 3 unspecified atom stereocenters. The highest BCUT2D eigenvalue weighted by Gasteiger charge is 2.55. The molecule has 1 aliphatic rings. The van der Waals surface area contributed by atoms with Crippen molar-refractivity contribution in [1.29, 1.82) is 0 Å². The largest absolute Gasteiger partial charge is 0.530 e. The molecule has 0 saturated heterocycles. The zero-order chi connectivity index (χ0) is 20.9. The topological polar surface area (TPSA) is 87.0 Å². The van der Waals surface area contributed by atoms with Gasteiger partial charge in [0.25, 0.3) is 0 Å². The lowest BCUT2D eigenvalue weighted by atomic mass is 9.83. The molecule has 28 heavy (non-hydrogen) atoms. The van der Waals surface area contributed by atoms with Crippen molar-refractivity contribution in [2.45, 2.75) is 65.6 Å². The lowest BCUT2D eigenvalue weighted by Crippen LogP contribution is -2.71. The third kappa shape index (κ3) is 2.99. The third-order valence-corrected chi connectivity index (χ3v) is 5.86. The van der Waals surface area contributed by atoms with Gasteiger partial charge in [0.05, 0.1) is 25.0 Å². The number of aryl methyl sites for hydroxylation is 1. The quantitative estimate of drug-likeness (QED) is 0.806. The Bertz CT molecular complexity index is 928. The van der Waals surface area contributed by atoms with Crippen molar-refractivity contribution in [3.63, 3.8) is 0 Å². The van der Waals surface area contributed by atoms with E-state index in [4.69, 9.17) is 0 Å². The van der Waals surface area contributed by atoms with Crippen LogP contribution >= 0.6 is 0 Å². The Labute approximate surface area is 165 Å². The predicted molar refractivity (Wildman–Crippen MR) is 106 cm³/mol. The average molecular weight is 384 g/mol. The number of nitrogens with one attached hydrogen (secondary N) is 1. The zero-order valence-electron chi connectivity index (χ0n) is 17.3. The molecular formula is C21H28N4O3. The van der Waals surface area contributed by atoms with Crippen LogP contribution in [0.1, 0.15) is 58.3 Å². The number of carboxylic acid groups (broad SMARTS) is 1. The number of aromatic nitrogens is 2. The summed E-state index contributed by atoms with van der Waals surface area (Å²) in [5.41, 5.74) is 3.00. The molecule has 3 atom stereocenters. The molecule has 0 saturated carbocycles. The summed E-state index contributed by atoms with van der Waals surface area (Å²) >= 11 is 0. The molecule has 7 nitrogen and oxygen atoms in total. The molecule has 0 aliphatic carbocycles. The van der Waals surface area contributed by atoms with E-state index in [1.807, 2.05) is 63.6 Å². The summed E-state index contributed by atoms with van der Waals surface area (Å²) in [7, 11) is 0. The molecule has 0 spiro atoms. The third-order valence-electron chi connectivity index (χ3n) is 5.86. The number of imidazole rings is 1. The standard InChI is InChI=1S/C21H28N4O3/c1-13-11-24(12-22-13)16-7-8-19-17(10-16)18(23-20(27)28)9-14(2)25(19,15(3)26)21(4,5)6/h7-8,10-12,14,18,23H,9H2,1-6H3. The Balaban J connectivity index is 2.27. The number of carbonyl (C=O) groups excluding carboxylic acids is 2. The molecule has 1 N–H and O–H groups in total. The number of hydrogen-bond donors (Lipinski definition) is 1. The molecule has 1 aromatic carbocycles. The van der Waals surface area contributed by atoms with E-state index in [0.29, 0.717) is 6.42 Å². The van der Waals surface area contributed by atoms with Gasteiger partial charge < -0.3 is 19.8 Å². The fraction of sp³-hybridized carbons (Fsp3) is 0.476. The van der Waals surface area contributed by atoms with Crippen LogP contribution in [0.3, 0.4) is 0 Å². The smallest absolute Gasteiger partial charge is 0.316 e. The Kier molecular flexibility index (Phi) is 4.83. The van der Waals surface area contributed by atoms with Crippen molar-refractivity contribution >= 4 is 17.7 Å². The van der Waals surface area contributed by atoms with Gasteiger partial charge in [-0.1, -0.05) is 0 Å². The van der Waals surface area contributed by atoms with E-state index in [1.54, 1.807) is 13.3 Å². The van der Waals surface area contributed by atoms with E-state index in [9.17, 15) is 14.7 Å². The predicted octanol–water partition coefficient (Wildman–Crippen LogP) is 2.60. The maximum Gasteiger partial charge on any atom is 0.316 e. The molecule has 1 aromatic heterocycles. The first-order chi connectivity index (χ1) is 13.0. The number of carbonyl (C=O) groups is 2. The van der Waals surface area contributed by atoms with E-state index < -0.39 is 12.1 Å². The molecule has 7 heteroatoms. The second-order valence-corrected chi connectivity index (χ2v) is 8.65. The van der Waals surface area contributed by atoms with Crippen molar-refractivity contribution in [3.05, 3.63) is 42.0 Å². The van der Waals surface area contributed by atoms with Crippen molar-refractivity contribution in [3.8, 4) is 5.69 Å². The van der Waals surface area contributed by atoms with Gasteiger partial charge in [-0.05, 0) is 46.8 Å². The summed E-state index contributed by atoms with van der Waals surface area (Å²) in [4.78, 5) is 28.6. The van der Waals surface area contributed by atoms with Crippen LogP contribution in [0.2, 0.25) is 0 Å². The Morgan fingerprint density at radius 2 is 2.00 bits per heavy atom. The Hall–Kier alpha value is -2.67. The lowest BCUT2D eigenvalue weighted by Gasteiger charge is -2.53. The fourth-order valence-corrected chi connectivity index (χ4v) is 4.98. The van der Waals surface area contributed by atoms with Crippen LogP contribution in [-0.4, -0.2) is 33.1 Å². The van der Waals surface area contributed by atoms with Gasteiger partial charge in [0.1, 0.15) is 23.4 Å². The minimum atomic E-state index is -1.31. The summed E-state index contributed by atoms with van der Waals surface area (Å²) < 4.78 is 2.06. The van der Waals surface area contributed by atoms with Gasteiger partial charge in [-0.3, -0.25) is 0 Å². The van der Waals surface area contributed by atoms with Gasteiger partial charge >= 0.3 is 5.91 Å². The normalized spacial score (nSPS) is 24.5. The van der Waals surface area contributed by atoms with E-state index in [-0.39, 0.29) is 22.0 Å². The van der Waals surface area contributed by atoms with Crippen LogP contribution in [0.25, 0.3) is 5.69 Å². The van der Waals surface area contributed by atoms with E-state index >= 15 is 0 Å². The number of benzene rings is 1. The molecule has 2 aromatic rings. The molecule has 150 valence electrons. The maximum atomic E-state index is 13.0. The number of hydrogen-bond acceptors (Lipinski definition) is 4. The van der Waals surface area contributed by atoms with Crippen LogP contribution in [-0.2, 0) is 4.79 Å². The van der Waals surface area contributed by atoms with Crippen LogP contribution < -0.4 is 14.9 Å². The molecule has 1 aliphatic heterocycles. The zero-order valence-corrected chi connectivity index (χ0v) is 17.3. The number of fused-ring (bicyclic) bond motifs is 1. The SMILES string of the molecule is CC(=O)[N+]1(C(C)(C)C)c2ccc(-n3cnc(C)c3)cc2C(NC(=O)[O-])CC1C.